The molecule has 1 aromatic carbocycles. The van der Waals surface area contributed by atoms with Gasteiger partial charge in [-0.05, 0) is 18.9 Å². The largest absolute Gasteiger partial charge is 0.482 e. The number of halogens is 3. The number of rotatable bonds is 4. The van der Waals surface area contributed by atoms with Crippen LogP contribution in [0.1, 0.15) is 12.8 Å². The van der Waals surface area contributed by atoms with Gasteiger partial charge in [0.05, 0.1) is 27.7 Å². The van der Waals surface area contributed by atoms with Crippen molar-refractivity contribution >= 4 is 40.7 Å². The molecule has 1 aromatic rings. The number of hydrogen-bond acceptors (Lipinski definition) is 3. The molecule has 110 valence electrons. The molecule has 0 aromatic heterocycles. The van der Waals surface area contributed by atoms with Crippen LogP contribution < -0.4 is 4.74 Å². The van der Waals surface area contributed by atoms with Crippen molar-refractivity contribution in [3.8, 4) is 5.75 Å². The zero-order chi connectivity index (χ0) is 14.7. The van der Waals surface area contributed by atoms with Gasteiger partial charge in [0, 0.05) is 12.6 Å². The molecular formula is C13H14Cl3NO3. The number of hydrogen-bond donors (Lipinski definition) is 1. The summed E-state index contributed by atoms with van der Waals surface area (Å²) < 4.78 is 5.39. The van der Waals surface area contributed by atoms with Crippen molar-refractivity contribution in [2.24, 2.45) is 0 Å². The van der Waals surface area contributed by atoms with Gasteiger partial charge >= 0.3 is 0 Å². The minimum Gasteiger partial charge on any atom is -0.482 e. The summed E-state index contributed by atoms with van der Waals surface area (Å²) in [5.74, 6) is 0.137. The van der Waals surface area contributed by atoms with Gasteiger partial charge < -0.3 is 14.7 Å². The highest BCUT2D eigenvalue weighted by Gasteiger charge is 2.28. The third-order valence-electron chi connectivity index (χ3n) is 3.23. The van der Waals surface area contributed by atoms with Crippen molar-refractivity contribution in [2.75, 3.05) is 19.8 Å². The molecule has 1 N–H and O–H groups in total. The number of aliphatic hydroxyl groups is 1. The number of aliphatic hydroxyl groups excluding tert-OH is 1. The first kappa shape index (κ1) is 15.7. The second kappa shape index (κ2) is 6.85. The Kier molecular flexibility index (Phi) is 5.38. The first-order valence-electron chi connectivity index (χ1n) is 6.20. The number of ether oxygens (including phenoxy) is 1. The summed E-state index contributed by atoms with van der Waals surface area (Å²) in [6.45, 7) is 0.468. The summed E-state index contributed by atoms with van der Waals surface area (Å²) >= 11 is 17.7. The second-order valence-electron chi connectivity index (χ2n) is 4.55. The second-order valence-corrected chi connectivity index (χ2v) is 5.77. The molecule has 1 amide bonds. The summed E-state index contributed by atoms with van der Waals surface area (Å²) in [5.41, 5.74) is 0. The van der Waals surface area contributed by atoms with Crippen LogP contribution in [0.2, 0.25) is 15.1 Å². The van der Waals surface area contributed by atoms with Crippen LogP contribution in [0.3, 0.4) is 0 Å². The van der Waals surface area contributed by atoms with Crippen LogP contribution in [0.4, 0.5) is 0 Å². The molecule has 0 bridgehead atoms. The molecule has 0 aliphatic carbocycles. The number of carbonyl (C=O) groups is 1. The molecule has 1 unspecified atom stereocenters. The Morgan fingerprint density at radius 1 is 1.30 bits per heavy atom. The topological polar surface area (TPSA) is 49.8 Å². The van der Waals surface area contributed by atoms with E-state index in [1.54, 1.807) is 4.90 Å². The molecule has 2 rings (SSSR count). The Morgan fingerprint density at radius 2 is 2.00 bits per heavy atom. The fourth-order valence-corrected chi connectivity index (χ4v) is 2.78. The Bertz CT molecular complexity index is 510. The van der Waals surface area contributed by atoms with Gasteiger partial charge in [-0.2, -0.15) is 0 Å². The predicted octanol–water partition coefficient (Wildman–Crippen LogP) is 3.01. The number of carbonyl (C=O) groups excluding carboxylic acids is 1. The van der Waals surface area contributed by atoms with Crippen LogP contribution in [-0.4, -0.2) is 41.7 Å². The number of nitrogens with zero attached hydrogens (tertiary/aromatic N) is 1. The van der Waals surface area contributed by atoms with E-state index >= 15 is 0 Å². The molecule has 1 heterocycles. The quantitative estimate of drug-likeness (QED) is 0.859. The molecule has 1 atom stereocenters. The molecule has 0 saturated carbocycles. The van der Waals surface area contributed by atoms with Crippen molar-refractivity contribution in [1.29, 1.82) is 0 Å². The lowest BCUT2D eigenvalue weighted by atomic mass is 10.2. The minimum atomic E-state index is -0.177. The van der Waals surface area contributed by atoms with Crippen molar-refractivity contribution in [2.45, 2.75) is 18.9 Å². The highest BCUT2D eigenvalue weighted by atomic mass is 35.5. The van der Waals surface area contributed by atoms with Crippen molar-refractivity contribution in [1.82, 2.24) is 4.90 Å². The van der Waals surface area contributed by atoms with Gasteiger partial charge in [-0.1, -0.05) is 34.8 Å². The lowest BCUT2D eigenvalue weighted by Gasteiger charge is -2.23. The van der Waals surface area contributed by atoms with Crippen LogP contribution in [0.15, 0.2) is 12.1 Å². The summed E-state index contributed by atoms with van der Waals surface area (Å²) in [7, 11) is 0. The van der Waals surface area contributed by atoms with Gasteiger partial charge in [0.2, 0.25) is 0 Å². The monoisotopic (exact) mass is 337 g/mol. The molecule has 1 saturated heterocycles. The Hall–Kier alpha value is -0.680. The Morgan fingerprint density at radius 3 is 2.70 bits per heavy atom. The summed E-state index contributed by atoms with van der Waals surface area (Å²) in [4.78, 5) is 13.7. The maximum absolute atomic E-state index is 12.0. The normalized spacial score (nSPS) is 18.4. The van der Waals surface area contributed by atoms with Gasteiger partial charge in [0.25, 0.3) is 5.91 Å². The first-order chi connectivity index (χ1) is 9.52. The van der Waals surface area contributed by atoms with E-state index in [1.165, 1.54) is 12.1 Å². The summed E-state index contributed by atoms with van der Waals surface area (Å²) in [6, 6.07) is 2.83. The minimum absolute atomic E-state index is 0.0285. The maximum atomic E-state index is 12.0. The Labute approximate surface area is 132 Å². The highest BCUT2D eigenvalue weighted by molar-refractivity contribution is 6.43. The molecular weight excluding hydrogens is 325 g/mol. The first-order valence-corrected chi connectivity index (χ1v) is 7.34. The van der Waals surface area contributed by atoms with Gasteiger partial charge in [0.1, 0.15) is 5.75 Å². The molecule has 20 heavy (non-hydrogen) atoms. The van der Waals surface area contributed by atoms with Gasteiger partial charge in [-0.3, -0.25) is 4.79 Å². The third kappa shape index (κ3) is 3.50. The Balaban J connectivity index is 1.98. The number of likely N-dealkylation sites (tertiary alicyclic amines) is 1. The predicted molar refractivity (Wildman–Crippen MR) is 78.8 cm³/mol. The van der Waals surface area contributed by atoms with Crippen molar-refractivity contribution in [3.63, 3.8) is 0 Å². The van der Waals surface area contributed by atoms with Crippen molar-refractivity contribution in [3.05, 3.63) is 27.2 Å². The molecule has 1 aliphatic heterocycles. The average molecular weight is 339 g/mol. The molecule has 4 nitrogen and oxygen atoms in total. The average Bonchev–Trinajstić information content (AvgIpc) is 2.89. The number of benzene rings is 1. The fourth-order valence-electron chi connectivity index (χ4n) is 2.19. The van der Waals surface area contributed by atoms with E-state index < -0.39 is 0 Å². The van der Waals surface area contributed by atoms with Crippen LogP contribution in [0.5, 0.6) is 5.75 Å². The van der Waals surface area contributed by atoms with Crippen LogP contribution in [0.25, 0.3) is 0 Å². The van der Waals surface area contributed by atoms with Gasteiger partial charge in [0.15, 0.2) is 6.61 Å². The van der Waals surface area contributed by atoms with Crippen LogP contribution >= 0.6 is 34.8 Å². The van der Waals surface area contributed by atoms with E-state index in [0.29, 0.717) is 27.4 Å². The van der Waals surface area contributed by atoms with E-state index in [1.807, 2.05) is 0 Å². The van der Waals surface area contributed by atoms with E-state index in [-0.39, 0.29) is 25.2 Å². The van der Waals surface area contributed by atoms with Crippen LogP contribution in [-0.2, 0) is 4.79 Å². The van der Waals surface area contributed by atoms with Gasteiger partial charge in [-0.15, -0.1) is 0 Å². The van der Waals surface area contributed by atoms with E-state index in [9.17, 15) is 9.90 Å². The summed E-state index contributed by atoms with van der Waals surface area (Å²) in [6.07, 6.45) is 1.71. The molecule has 0 radical (unpaired) electrons. The molecule has 1 fully saturated rings. The van der Waals surface area contributed by atoms with Gasteiger partial charge in [-0.25, -0.2) is 0 Å². The highest BCUT2D eigenvalue weighted by Crippen LogP contribution is 2.33. The number of amides is 1. The summed E-state index contributed by atoms with van der Waals surface area (Å²) in [5, 5.41) is 10.1. The molecule has 1 aliphatic rings. The van der Waals surface area contributed by atoms with E-state index in [2.05, 4.69) is 0 Å². The zero-order valence-corrected chi connectivity index (χ0v) is 12.9. The lowest BCUT2D eigenvalue weighted by Crippen LogP contribution is -2.40. The van der Waals surface area contributed by atoms with E-state index in [4.69, 9.17) is 39.5 Å². The SMILES string of the molecule is O=C(COc1cc(Cl)c(Cl)cc1Cl)N1CCCC1CO. The standard InChI is InChI=1S/C13H14Cl3NO3/c14-9-4-11(16)12(5-10(9)15)20-7-13(19)17-3-1-2-8(17)6-18/h4-5,8,18H,1-3,6-7H2. The van der Waals surface area contributed by atoms with E-state index in [0.717, 1.165) is 12.8 Å². The lowest BCUT2D eigenvalue weighted by molar-refractivity contribution is -0.134. The van der Waals surface area contributed by atoms with Crippen LogP contribution in [0, 0.1) is 0 Å². The van der Waals surface area contributed by atoms with Crippen molar-refractivity contribution < 1.29 is 14.6 Å². The zero-order valence-electron chi connectivity index (χ0n) is 10.6. The smallest absolute Gasteiger partial charge is 0.260 e. The fraction of sp³-hybridized carbons (Fsp3) is 0.462. The molecule has 7 heteroatoms. The third-order valence-corrected chi connectivity index (χ3v) is 4.25. The molecule has 0 spiro atoms. The maximum Gasteiger partial charge on any atom is 0.260 e.